The van der Waals surface area contributed by atoms with E-state index < -0.39 is 0 Å². The molecule has 0 aliphatic rings. The maximum atomic E-state index is 12.2. The molecule has 2 rings (SSSR count). The van der Waals surface area contributed by atoms with Crippen LogP contribution in [0, 0.1) is 0 Å². The zero-order valence-electron chi connectivity index (χ0n) is 11.7. The van der Waals surface area contributed by atoms with Crippen LogP contribution in [0.2, 0.25) is 0 Å². The molecule has 4 nitrogen and oxygen atoms in total. The quantitative estimate of drug-likeness (QED) is 0.773. The van der Waals surface area contributed by atoms with Gasteiger partial charge in [0.15, 0.2) is 5.78 Å². The van der Waals surface area contributed by atoms with Gasteiger partial charge in [-0.05, 0) is 30.5 Å². The van der Waals surface area contributed by atoms with Gasteiger partial charge in [0.25, 0.3) is 0 Å². The van der Waals surface area contributed by atoms with Crippen molar-refractivity contribution in [1.29, 1.82) is 0 Å². The molecule has 2 heterocycles. The molecular weight excluding hydrogens is 238 g/mol. The predicted molar refractivity (Wildman–Crippen MR) is 74.2 cm³/mol. The maximum Gasteiger partial charge on any atom is 0.186 e. The number of hydrogen-bond donors (Lipinski definition) is 0. The van der Waals surface area contributed by atoms with Gasteiger partial charge in [0.05, 0.1) is 12.1 Å². The Bertz CT molecular complexity index is 570. The van der Waals surface area contributed by atoms with Crippen LogP contribution in [-0.4, -0.2) is 20.5 Å². The lowest BCUT2D eigenvalue weighted by atomic mass is 10.1. The van der Waals surface area contributed by atoms with Crippen molar-refractivity contribution in [1.82, 2.24) is 14.8 Å². The van der Waals surface area contributed by atoms with Crippen LogP contribution in [-0.2, 0) is 26.3 Å². The minimum absolute atomic E-state index is 0.0615. The van der Waals surface area contributed by atoms with Crippen LogP contribution < -0.4 is 0 Å². The van der Waals surface area contributed by atoms with Crippen molar-refractivity contribution in [3.05, 3.63) is 47.0 Å². The normalized spacial score (nSPS) is 10.7. The fourth-order valence-electron chi connectivity index (χ4n) is 1.98. The monoisotopic (exact) mass is 257 g/mol. The van der Waals surface area contributed by atoms with E-state index in [1.807, 2.05) is 31.3 Å². The SMILES string of the molecule is CCc1ccc(CC(=O)c2cc(CC)nn2C)nc1. The molecular formula is C15H19N3O. The highest BCUT2D eigenvalue weighted by Crippen LogP contribution is 2.09. The third-order valence-electron chi connectivity index (χ3n) is 3.21. The van der Waals surface area contributed by atoms with Gasteiger partial charge in [-0.2, -0.15) is 5.10 Å². The van der Waals surface area contributed by atoms with E-state index in [4.69, 9.17) is 0 Å². The van der Waals surface area contributed by atoms with Crippen molar-refractivity contribution in [2.75, 3.05) is 0 Å². The van der Waals surface area contributed by atoms with Gasteiger partial charge in [0.2, 0.25) is 0 Å². The van der Waals surface area contributed by atoms with Crippen molar-refractivity contribution in [3.8, 4) is 0 Å². The number of Topliss-reactive ketones (excluding diaryl/α,β-unsaturated/α-hetero) is 1. The average molecular weight is 257 g/mol. The van der Waals surface area contributed by atoms with Crippen LogP contribution in [0.3, 0.4) is 0 Å². The van der Waals surface area contributed by atoms with Crippen molar-refractivity contribution in [2.24, 2.45) is 7.05 Å². The van der Waals surface area contributed by atoms with E-state index in [9.17, 15) is 4.79 Å². The largest absolute Gasteiger partial charge is 0.292 e. The Morgan fingerprint density at radius 1 is 1.21 bits per heavy atom. The molecule has 0 radical (unpaired) electrons. The molecule has 0 aliphatic heterocycles. The molecule has 100 valence electrons. The van der Waals surface area contributed by atoms with E-state index in [2.05, 4.69) is 17.0 Å². The number of aromatic nitrogens is 3. The minimum atomic E-state index is 0.0615. The number of rotatable bonds is 5. The number of hydrogen-bond acceptors (Lipinski definition) is 3. The van der Waals surface area contributed by atoms with E-state index in [0.29, 0.717) is 12.1 Å². The van der Waals surface area contributed by atoms with E-state index in [1.54, 1.807) is 11.7 Å². The minimum Gasteiger partial charge on any atom is -0.292 e. The summed E-state index contributed by atoms with van der Waals surface area (Å²) in [6.07, 6.45) is 3.96. The Labute approximate surface area is 113 Å². The lowest BCUT2D eigenvalue weighted by molar-refractivity contribution is 0.0983. The second-order valence-electron chi connectivity index (χ2n) is 4.61. The fourth-order valence-corrected chi connectivity index (χ4v) is 1.98. The number of aryl methyl sites for hydroxylation is 3. The highest BCUT2D eigenvalue weighted by atomic mass is 16.1. The van der Waals surface area contributed by atoms with E-state index in [-0.39, 0.29) is 5.78 Å². The number of ketones is 1. The zero-order chi connectivity index (χ0) is 13.8. The molecule has 19 heavy (non-hydrogen) atoms. The van der Waals surface area contributed by atoms with Crippen LogP contribution in [0.5, 0.6) is 0 Å². The molecule has 0 fully saturated rings. The molecule has 2 aromatic rings. The summed E-state index contributed by atoms with van der Waals surface area (Å²) in [5, 5.41) is 4.29. The van der Waals surface area contributed by atoms with Gasteiger partial charge in [-0.25, -0.2) is 0 Å². The van der Waals surface area contributed by atoms with E-state index >= 15 is 0 Å². The van der Waals surface area contributed by atoms with Crippen molar-refractivity contribution < 1.29 is 4.79 Å². The average Bonchev–Trinajstić information content (AvgIpc) is 2.81. The van der Waals surface area contributed by atoms with Crippen LogP contribution >= 0.6 is 0 Å². The molecule has 0 unspecified atom stereocenters. The van der Waals surface area contributed by atoms with Crippen molar-refractivity contribution in [3.63, 3.8) is 0 Å². The number of pyridine rings is 1. The fraction of sp³-hybridized carbons (Fsp3) is 0.400. The summed E-state index contributed by atoms with van der Waals surface area (Å²) in [5.74, 6) is 0.0615. The Balaban J connectivity index is 2.13. The summed E-state index contributed by atoms with van der Waals surface area (Å²) in [6.45, 7) is 4.12. The molecule has 0 spiro atoms. The van der Waals surface area contributed by atoms with Crippen LogP contribution in [0.4, 0.5) is 0 Å². The third kappa shape index (κ3) is 3.08. The van der Waals surface area contributed by atoms with Crippen molar-refractivity contribution >= 4 is 5.78 Å². The molecule has 0 saturated heterocycles. The van der Waals surface area contributed by atoms with Gasteiger partial charge < -0.3 is 0 Å². The van der Waals surface area contributed by atoms with Gasteiger partial charge in [-0.3, -0.25) is 14.5 Å². The number of nitrogens with zero attached hydrogens (tertiary/aromatic N) is 3. The second kappa shape index (κ2) is 5.78. The lowest BCUT2D eigenvalue weighted by Crippen LogP contribution is -2.10. The molecule has 0 N–H and O–H groups in total. The highest BCUT2D eigenvalue weighted by molar-refractivity contribution is 5.95. The van der Waals surface area contributed by atoms with E-state index in [1.165, 1.54) is 5.56 Å². The highest BCUT2D eigenvalue weighted by Gasteiger charge is 2.13. The summed E-state index contributed by atoms with van der Waals surface area (Å²) in [5.41, 5.74) is 3.59. The van der Waals surface area contributed by atoms with Gasteiger partial charge in [-0.1, -0.05) is 19.9 Å². The lowest BCUT2D eigenvalue weighted by Gasteiger charge is -2.02. The predicted octanol–water partition coefficient (Wildman–Crippen LogP) is 2.37. The maximum absolute atomic E-state index is 12.2. The molecule has 0 bridgehead atoms. The Kier molecular flexibility index (Phi) is 4.10. The number of carbonyl (C=O) groups excluding carboxylic acids is 1. The Hall–Kier alpha value is -1.97. The van der Waals surface area contributed by atoms with Crippen LogP contribution in [0.1, 0.15) is 41.3 Å². The summed E-state index contributed by atoms with van der Waals surface area (Å²) in [4.78, 5) is 16.5. The molecule has 0 saturated carbocycles. The third-order valence-corrected chi connectivity index (χ3v) is 3.21. The first-order chi connectivity index (χ1) is 9.13. The summed E-state index contributed by atoms with van der Waals surface area (Å²) >= 11 is 0. The van der Waals surface area contributed by atoms with Gasteiger partial charge >= 0.3 is 0 Å². The molecule has 0 atom stereocenters. The molecule has 2 aromatic heterocycles. The van der Waals surface area contributed by atoms with Gasteiger partial charge in [0.1, 0.15) is 5.69 Å². The first-order valence-corrected chi connectivity index (χ1v) is 6.64. The Morgan fingerprint density at radius 3 is 2.53 bits per heavy atom. The standard InChI is InChI=1S/C15H19N3O/c1-4-11-6-7-13(16-10-11)9-15(19)14-8-12(5-2)17-18(14)3/h6-8,10H,4-5,9H2,1-3H3. The summed E-state index contributed by atoms with van der Waals surface area (Å²) < 4.78 is 1.65. The molecule has 0 aromatic carbocycles. The topological polar surface area (TPSA) is 47.8 Å². The molecule has 4 heteroatoms. The Morgan fingerprint density at radius 2 is 2.00 bits per heavy atom. The van der Waals surface area contributed by atoms with Crippen LogP contribution in [0.25, 0.3) is 0 Å². The van der Waals surface area contributed by atoms with Crippen molar-refractivity contribution in [2.45, 2.75) is 33.1 Å². The van der Waals surface area contributed by atoms with Gasteiger partial charge in [-0.15, -0.1) is 0 Å². The second-order valence-corrected chi connectivity index (χ2v) is 4.61. The first kappa shape index (κ1) is 13.5. The smallest absolute Gasteiger partial charge is 0.186 e. The zero-order valence-corrected chi connectivity index (χ0v) is 11.7. The summed E-state index contributed by atoms with van der Waals surface area (Å²) in [7, 11) is 1.81. The van der Waals surface area contributed by atoms with E-state index in [0.717, 1.165) is 24.2 Å². The first-order valence-electron chi connectivity index (χ1n) is 6.64. The molecule has 0 aliphatic carbocycles. The van der Waals surface area contributed by atoms with Gasteiger partial charge in [0, 0.05) is 18.9 Å². The van der Waals surface area contributed by atoms with Crippen LogP contribution in [0.15, 0.2) is 24.4 Å². The number of carbonyl (C=O) groups is 1. The summed E-state index contributed by atoms with van der Waals surface area (Å²) in [6, 6.07) is 5.81. The molecule has 0 amide bonds.